The number of halogens is 4. The van der Waals surface area contributed by atoms with Gasteiger partial charge >= 0.3 is 0 Å². The lowest BCUT2D eigenvalue weighted by Gasteiger charge is -2.25. The Kier molecular flexibility index (Phi) is 4.15. The summed E-state index contributed by atoms with van der Waals surface area (Å²) in [6, 6.07) is 9.17. The Morgan fingerprint density at radius 2 is 1.92 bits per heavy atom. The monoisotopic (exact) mass is 394 g/mol. The van der Waals surface area contributed by atoms with Gasteiger partial charge in [0.05, 0.1) is 5.02 Å². The second-order valence-corrected chi connectivity index (χ2v) is 6.69. The molecule has 0 saturated heterocycles. The first-order valence-corrected chi connectivity index (χ1v) is 8.45. The van der Waals surface area contributed by atoms with Gasteiger partial charge in [-0.2, -0.15) is 10.1 Å². The molecule has 2 heterocycles. The molecular weight excluding hydrogens is 386 g/mol. The van der Waals surface area contributed by atoms with Crippen molar-refractivity contribution in [2.24, 2.45) is 0 Å². The van der Waals surface area contributed by atoms with Crippen molar-refractivity contribution in [3.8, 4) is 0 Å². The highest BCUT2D eigenvalue weighted by Crippen LogP contribution is 2.38. The fourth-order valence-corrected chi connectivity index (χ4v) is 3.58. The number of nitrogens with one attached hydrogen (secondary N) is 1. The molecule has 0 radical (unpaired) electrons. The van der Waals surface area contributed by atoms with Crippen molar-refractivity contribution >= 4 is 46.4 Å². The van der Waals surface area contributed by atoms with E-state index >= 15 is 0 Å². The number of aromatic nitrogens is 3. The van der Waals surface area contributed by atoms with Crippen LogP contribution in [0.1, 0.15) is 17.2 Å². The molecule has 0 spiro atoms. The fourth-order valence-electron chi connectivity index (χ4n) is 2.80. The Balaban J connectivity index is 1.89. The molecule has 1 aliphatic heterocycles. The van der Waals surface area contributed by atoms with Gasteiger partial charge in [-0.05, 0) is 36.4 Å². The average molecular weight is 396 g/mol. The summed E-state index contributed by atoms with van der Waals surface area (Å²) in [6.45, 7) is 0. The molecule has 126 valence electrons. The van der Waals surface area contributed by atoms with Gasteiger partial charge in [0.1, 0.15) is 18.2 Å². The van der Waals surface area contributed by atoms with Crippen LogP contribution in [0.5, 0.6) is 0 Å². The van der Waals surface area contributed by atoms with Crippen LogP contribution in [0, 0.1) is 5.82 Å². The predicted octanol–water partition coefficient (Wildman–Crippen LogP) is 5.43. The highest BCUT2D eigenvalue weighted by Gasteiger charge is 2.27. The first-order chi connectivity index (χ1) is 12.0. The Morgan fingerprint density at radius 1 is 1.08 bits per heavy atom. The molecule has 0 aliphatic carbocycles. The molecule has 0 saturated carbocycles. The van der Waals surface area contributed by atoms with E-state index in [9.17, 15) is 4.39 Å². The van der Waals surface area contributed by atoms with E-state index in [1.54, 1.807) is 41.1 Å². The van der Waals surface area contributed by atoms with Crippen molar-refractivity contribution in [1.82, 2.24) is 14.8 Å². The van der Waals surface area contributed by atoms with E-state index in [-0.39, 0.29) is 0 Å². The summed E-state index contributed by atoms with van der Waals surface area (Å²) in [5, 5.41) is 8.64. The minimum absolute atomic E-state index is 0.311. The van der Waals surface area contributed by atoms with Gasteiger partial charge in [-0.1, -0.05) is 40.9 Å². The summed E-state index contributed by atoms with van der Waals surface area (Å²) in [4.78, 5) is 4.18. The van der Waals surface area contributed by atoms with E-state index in [0.29, 0.717) is 32.3 Å². The van der Waals surface area contributed by atoms with Crippen LogP contribution in [0.25, 0.3) is 5.70 Å². The number of allylic oxidation sites excluding steroid dienone is 1. The minimum Gasteiger partial charge on any atom is -0.324 e. The van der Waals surface area contributed by atoms with Gasteiger partial charge in [-0.3, -0.25) is 0 Å². The first kappa shape index (κ1) is 16.4. The zero-order valence-corrected chi connectivity index (χ0v) is 14.8. The van der Waals surface area contributed by atoms with Gasteiger partial charge in [0, 0.05) is 26.9 Å². The van der Waals surface area contributed by atoms with Gasteiger partial charge < -0.3 is 5.32 Å². The lowest BCUT2D eigenvalue weighted by atomic mass is 10.0. The second-order valence-electron chi connectivity index (χ2n) is 5.44. The van der Waals surface area contributed by atoms with Gasteiger partial charge in [-0.15, -0.1) is 0 Å². The molecule has 3 aromatic rings. The number of benzene rings is 2. The summed E-state index contributed by atoms with van der Waals surface area (Å²) >= 11 is 18.5. The van der Waals surface area contributed by atoms with Crippen molar-refractivity contribution in [3.05, 3.63) is 80.8 Å². The van der Waals surface area contributed by atoms with Crippen LogP contribution < -0.4 is 5.32 Å². The molecule has 2 aromatic carbocycles. The SMILES string of the molecule is Fc1cccc(Cl)c1C1C=C(c2ccc(Cl)cc2Cl)Nc2ncnn21. The molecule has 25 heavy (non-hydrogen) atoms. The molecule has 0 amide bonds. The van der Waals surface area contributed by atoms with Gasteiger partial charge in [0.2, 0.25) is 5.95 Å². The van der Waals surface area contributed by atoms with E-state index in [0.717, 1.165) is 5.56 Å². The number of fused-ring (bicyclic) bond motifs is 1. The Morgan fingerprint density at radius 3 is 2.68 bits per heavy atom. The van der Waals surface area contributed by atoms with Crippen molar-refractivity contribution in [2.45, 2.75) is 6.04 Å². The number of anilines is 1. The molecule has 0 bridgehead atoms. The van der Waals surface area contributed by atoms with Crippen LogP contribution >= 0.6 is 34.8 Å². The molecule has 1 aliphatic rings. The van der Waals surface area contributed by atoms with Crippen LogP contribution in [0.4, 0.5) is 10.3 Å². The predicted molar refractivity (Wildman–Crippen MR) is 97.6 cm³/mol. The summed E-state index contributed by atoms with van der Waals surface area (Å²) < 4.78 is 16.0. The first-order valence-electron chi connectivity index (χ1n) is 7.32. The van der Waals surface area contributed by atoms with Gasteiger partial charge in [0.25, 0.3) is 0 Å². The van der Waals surface area contributed by atoms with Crippen molar-refractivity contribution < 1.29 is 4.39 Å². The Bertz CT molecular complexity index is 979. The minimum atomic E-state index is -0.561. The van der Waals surface area contributed by atoms with Gasteiger partial charge in [0.15, 0.2) is 0 Å². The zero-order chi connectivity index (χ0) is 17.6. The van der Waals surface area contributed by atoms with Crippen molar-refractivity contribution in [1.29, 1.82) is 0 Å². The summed E-state index contributed by atoms with van der Waals surface area (Å²) in [5.41, 5.74) is 1.71. The van der Waals surface area contributed by atoms with Crippen LogP contribution in [-0.2, 0) is 0 Å². The molecule has 4 nitrogen and oxygen atoms in total. The quantitative estimate of drug-likeness (QED) is 0.629. The number of rotatable bonds is 2. The molecule has 1 aromatic heterocycles. The second kappa shape index (κ2) is 6.33. The summed E-state index contributed by atoms with van der Waals surface area (Å²) in [7, 11) is 0. The molecule has 1 N–H and O–H groups in total. The average Bonchev–Trinajstić information content (AvgIpc) is 3.03. The van der Waals surface area contributed by atoms with E-state index in [2.05, 4.69) is 15.4 Å². The maximum absolute atomic E-state index is 14.5. The summed E-state index contributed by atoms with van der Waals surface area (Å²) in [6.07, 6.45) is 3.20. The molecular formula is C17H10Cl3FN4. The summed E-state index contributed by atoms with van der Waals surface area (Å²) in [5.74, 6) is 0.0477. The van der Waals surface area contributed by atoms with E-state index < -0.39 is 11.9 Å². The van der Waals surface area contributed by atoms with Crippen LogP contribution in [-0.4, -0.2) is 14.8 Å². The largest absolute Gasteiger partial charge is 0.324 e. The molecule has 1 unspecified atom stereocenters. The lowest BCUT2D eigenvalue weighted by Crippen LogP contribution is -2.21. The highest BCUT2D eigenvalue weighted by atomic mass is 35.5. The van der Waals surface area contributed by atoms with Crippen LogP contribution in [0.2, 0.25) is 15.1 Å². The third-order valence-corrected chi connectivity index (χ3v) is 4.80. The van der Waals surface area contributed by atoms with E-state index in [4.69, 9.17) is 34.8 Å². The number of hydrogen-bond acceptors (Lipinski definition) is 3. The standard InChI is InChI=1S/C17H10Cl3FN4/c18-9-4-5-10(12(20)6-9)14-7-15(25-17(24-14)22-8-23-25)16-11(19)2-1-3-13(16)21/h1-8,15H,(H,22,23,24). The third kappa shape index (κ3) is 2.88. The van der Waals surface area contributed by atoms with Gasteiger partial charge in [-0.25, -0.2) is 9.07 Å². The van der Waals surface area contributed by atoms with Crippen molar-refractivity contribution in [2.75, 3.05) is 5.32 Å². The highest BCUT2D eigenvalue weighted by molar-refractivity contribution is 6.35. The smallest absolute Gasteiger partial charge is 0.226 e. The maximum Gasteiger partial charge on any atom is 0.226 e. The maximum atomic E-state index is 14.5. The topological polar surface area (TPSA) is 42.7 Å². The number of nitrogens with zero attached hydrogens (tertiary/aromatic N) is 3. The lowest BCUT2D eigenvalue weighted by molar-refractivity contribution is 0.551. The Hall–Kier alpha value is -2.08. The van der Waals surface area contributed by atoms with Crippen LogP contribution in [0.3, 0.4) is 0 Å². The molecule has 4 rings (SSSR count). The van der Waals surface area contributed by atoms with E-state index in [1.807, 2.05) is 0 Å². The molecule has 0 fully saturated rings. The molecule has 8 heteroatoms. The van der Waals surface area contributed by atoms with Crippen molar-refractivity contribution in [3.63, 3.8) is 0 Å². The fraction of sp³-hybridized carbons (Fsp3) is 0.0588. The van der Waals surface area contributed by atoms with E-state index in [1.165, 1.54) is 12.4 Å². The zero-order valence-electron chi connectivity index (χ0n) is 12.5. The Labute approximate surface area is 157 Å². The molecule has 1 atom stereocenters. The number of hydrogen-bond donors (Lipinski definition) is 1. The normalized spacial score (nSPS) is 16.2. The third-order valence-electron chi connectivity index (χ3n) is 3.92. The van der Waals surface area contributed by atoms with Crippen LogP contribution in [0.15, 0.2) is 48.8 Å².